The van der Waals surface area contributed by atoms with Gasteiger partial charge in [-0.05, 0) is 6.92 Å². The van der Waals surface area contributed by atoms with Gasteiger partial charge in [0.25, 0.3) is 0 Å². The lowest BCUT2D eigenvalue weighted by Gasteiger charge is -1.98. The van der Waals surface area contributed by atoms with Crippen LogP contribution in [-0.2, 0) is 17.1 Å². The van der Waals surface area contributed by atoms with E-state index in [4.69, 9.17) is 0 Å². The number of nitrogens with zero attached hydrogens (tertiary/aromatic N) is 2. The Bertz CT molecular complexity index is 393. The van der Waals surface area contributed by atoms with Crippen molar-refractivity contribution >= 4 is 10.0 Å². The Morgan fingerprint density at radius 1 is 1.47 bits per heavy atom. The second-order valence-corrected chi connectivity index (χ2v) is 4.13. The fourth-order valence-corrected chi connectivity index (χ4v) is 0.440. The fraction of sp³-hybridized carbons (Fsp3) is 0.500. The van der Waals surface area contributed by atoms with Crippen LogP contribution in [0.1, 0.15) is 5.82 Å². The van der Waals surface area contributed by atoms with E-state index in [1.807, 2.05) is 24.7 Å². The third-order valence-electron chi connectivity index (χ3n) is 1.38. The number of halogens is 3. The lowest BCUT2D eigenvalue weighted by molar-refractivity contribution is -0.0436. The van der Waals surface area contributed by atoms with Crippen molar-refractivity contribution in [2.75, 3.05) is 0 Å². The van der Waals surface area contributed by atoms with Crippen LogP contribution >= 0.6 is 0 Å². The summed E-state index contributed by atoms with van der Waals surface area (Å²) in [6.07, 6.45) is 3.71. The maximum absolute atomic E-state index is 10.8. The van der Waals surface area contributed by atoms with Crippen molar-refractivity contribution in [2.45, 2.75) is 12.4 Å². The fourth-order valence-electron chi connectivity index (χ4n) is 0.440. The molecular formula is C6H10F3N3O2S. The Balaban J connectivity index is 0.000000262. The van der Waals surface area contributed by atoms with Crippen molar-refractivity contribution in [3.05, 3.63) is 18.2 Å². The Kier molecular flexibility index (Phi) is 4.28. The monoisotopic (exact) mass is 245 g/mol. The van der Waals surface area contributed by atoms with Crippen molar-refractivity contribution in [3.8, 4) is 0 Å². The van der Waals surface area contributed by atoms with E-state index in [9.17, 15) is 21.6 Å². The molecule has 5 nitrogen and oxygen atoms in total. The first-order chi connectivity index (χ1) is 6.55. The van der Waals surface area contributed by atoms with Crippen LogP contribution in [0.5, 0.6) is 0 Å². The molecule has 2 N–H and O–H groups in total. The molecule has 0 aromatic carbocycles. The molecule has 1 aromatic heterocycles. The standard InChI is InChI=1S/C5H8N2.CH2F3NO2S/c1-5-6-3-4-7(5)2;2-1(3,4)8(5,6)7/h3-4H,1-2H3;(H2,5,6,7). The van der Waals surface area contributed by atoms with E-state index < -0.39 is 15.5 Å². The lowest BCUT2D eigenvalue weighted by atomic mass is 10.7. The van der Waals surface area contributed by atoms with Gasteiger partial charge in [0.15, 0.2) is 0 Å². The Morgan fingerprint density at radius 2 is 1.87 bits per heavy atom. The van der Waals surface area contributed by atoms with Gasteiger partial charge in [0.2, 0.25) is 0 Å². The van der Waals surface area contributed by atoms with Crippen LogP contribution in [0.3, 0.4) is 0 Å². The van der Waals surface area contributed by atoms with Crippen LogP contribution in [0.4, 0.5) is 13.2 Å². The van der Waals surface area contributed by atoms with Gasteiger partial charge >= 0.3 is 15.5 Å². The Labute approximate surface area is 84.8 Å². The summed E-state index contributed by atoms with van der Waals surface area (Å²) < 4.78 is 53.1. The number of aryl methyl sites for hydroxylation is 2. The number of sulfonamides is 1. The van der Waals surface area contributed by atoms with Gasteiger partial charge in [-0.1, -0.05) is 0 Å². The predicted molar refractivity (Wildman–Crippen MR) is 47.1 cm³/mol. The van der Waals surface area contributed by atoms with E-state index in [0.717, 1.165) is 5.82 Å². The second kappa shape index (κ2) is 4.62. The van der Waals surface area contributed by atoms with Gasteiger partial charge in [0.05, 0.1) is 0 Å². The number of hydrogen-bond acceptors (Lipinski definition) is 3. The molecule has 0 unspecified atom stereocenters. The molecule has 9 heteroatoms. The maximum atomic E-state index is 10.8. The van der Waals surface area contributed by atoms with Crippen LogP contribution < -0.4 is 5.14 Å². The highest BCUT2D eigenvalue weighted by Gasteiger charge is 2.42. The first-order valence-electron chi connectivity index (χ1n) is 3.58. The number of hydrogen-bond donors (Lipinski definition) is 1. The summed E-state index contributed by atoms with van der Waals surface area (Å²) >= 11 is 0. The molecule has 0 aliphatic carbocycles. The molecule has 0 atom stereocenters. The number of nitrogens with two attached hydrogens (primary N) is 1. The van der Waals surface area contributed by atoms with Crippen LogP contribution in [-0.4, -0.2) is 23.5 Å². The third-order valence-corrected chi connectivity index (χ3v) is 2.03. The van der Waals surface area contributed by atoms with Gasteiger partial charge in [-0.2, -0.15) is 13.2 Å². The maximum Gasteiger partial charge on any atom is 0.511 e. The van der Waals surface area contributed by atoms with Gasteiger partial charge < -0.3 is 4.57 Å². The first-order valence-corrected chi connectivity index (χ1v) is 5.13. The normalized spacial score (nSPS) is 11.9. The zero-order chi connectivity index (χ0) is 12.3. The highest BCUT2D eigenvalue weighted by atomic mass is 32.2. The van der Waals surface area contributed by atoms with Crippen LogP contribution in [0, 0.1) is 6.92 Å². The number of alkyl halides is 3. The summed E-state index contributed by atoms with van der Waals surface area (Å²) in [7, 11) is -3.37. The van der Waals surface area contributed by atoms with Crippen molar-refractivity contribution in [2.24, 2.45) is 12.2 Å². The van der Waals surface area contributed by atoms with Crippen molar-refractivity contribution < 1.29 is 21.6 Å². The smallest absolute Gasteiger partial charge is 0.338 e. The molecule has 1 heterocycles. The SMILES string of the molecule is Cc1nccn1C.NS(=O)(=O)C(F)(F)F. The summed E-state index contributed by atoms with van der Waals surface area (Å²) in [5.41, 5.74) is -5.31. The molecule has 15 heavy (non-hydrogen) atoms. The van der Waals surface area contributed by atoms with E-state index in [-0.39, 0.29) is 0 Å². The lowest BCUT2D eigenvalue weighted by Crippen LogP contribution is -2.30. The molecule has 0 radical (unpaired) electrons. The molecule has 0 fully saturated rings. The molecule has 1 aromatic rings. The van der Waals surface area contributed by atoms with Gasteiger partial charge in [-0.25, -0.2) is 18.5 Å². The molecular weight excluding hydrogens is 235 g/mol. The summed E-state index contributed by atoms with van der Waals surface area (Å²) in [5.74, 6) is 1.06. The molecule has 0 saturated carbocycles. The van der Waals surface area contributed by atoms with E-state index >= 15 is 0 Å². The molecule has 0 saturated heterocycles. The summed E-state index contributed by atoms with van der Waals surface area (Å²) in [6.45, 7) is 1.97. The average molecular weight is 245 g/mol. The molecule has 88 valence electrons. The molecule has 1 rings (SSSR count). The van der Waals surface area contributed by atoms with Crippen LogP contribution in [0.25, 0.3) is 0 Å². The quantitative estimate of drug-likeness (QED) is 0.723. The molecule has 0 spiro atoms. The highest BCUT2D eigenvalue weighted by Crippen LogP contribution is 2.18. The van der Waals surface area contributed by atoms with Gasteiger partial charge in [-0.3, -0.25) is 0 Å². The number of imidazole rings is 1. The second-order valence-electron chi connectivity index (χ2n) is 2.58. The highest BCUT2D eigenvalue weighted by molar-refractivity contribution is 7.90. The minimum atomic E-state index is -5.34. The van der Waals surface area contributed by atoms with Gasteiger partial charge in [-0.15, -0.1) is 0 Å². The molecule has 0 aliphatic rings. The van der Waals surface area contributed by atoms with Crippen molar-refractivity contribution in [1.29, 1.82) is 0 Å². The molecule has 0 amide bonds. The summed E-state index contributed by atoms with van der Waals surface area (Å²) in [5, 5.41) is 3.66. The van der Waals surface area contributed by atoms with Crippen molar-refractivity contribution in [1.82, 2.24) is 9.55 Å². The predicted octanol–water partition coefficient (Wildman–Crippen LogP) is 0.523. The number of rotatable bonds is 0. The zero-order valence-corrected chi connectivity index (χ0v) is 8.80. The van der Waals surface area contributed by atoms with Gasteiger partial charge in [0.1, 0.15) is 5.82 Å². The number of aromatic nitrogens is 2. The van der Waals surface area contributed by atoms with Crippen LogP contribution in [0.2, 0.25) is 0 Å². The molecule has 0 bridgehead atoms. The van der Waals surface area contributed by atoms with E-state index in [1.165, 1.54) is 0 Å². The summed E-state index contributed by atoms with van der Waals surface area (Å²) in [4.78, 5) is 3.98. The minimum Gasteiger partial charge on any atom is -0.338 e. The van der Waals surface area contributed by atoms with Crippen LogP contribution in [0.15, 0.2) is 12.4 Å². The summed E-state index contributed by atoms with van der Waals surface area (Å²) in [6, 6.07) is 0. The average Bonchev–Trinajstić information content (AvgIpc) is 2.33. The largest absolute Gasteiger partial charge is 0.511 e. The van der Waals surface area contributed by atoms with E-state index in [0.29, 0.717) is 0 Å². The number of primary sulfonamides is 1. The topological polar surface area (TPSA) is 78.0 Å². The first kappa shape index (κ1) is 13.9. The van der Waals surface area contributed by atoms with Gasteiger partial charge in [0, 0.05) is 19.4 Å². The van der Waals surface area contributed by atoms with Crippen molar-refractivity contribution in [3.63, 3.8) is 0 Å². The Morgan fingerprint density at radius 3 is 1.93 bits per heavy atom. The third kappa shape index (κ3) is 4.79. The van der Waals surface area contributed by atoms with E-state index in [1.54, 1.807) is 6.20 Å². The Hall–Kier alpha value is -1.09. The minimum absolute atomic E-state index is 1.06. The molecule has 0 aliphatic heterocycles. The van der Waals surface area contributed by atoms with E-state index in [2.05, 4.69) is 10.1 Å². The zero-order valence-electron chi connectivity index (χ0n) is 7.99.